The van der Waals surface area contributed by atoms with Gasteiger partial charge < -0.3 is 21.5 Å². The molecule has 15 heavy (non-hydrogen) atoms. The van der Waals surface area contributed by atoms with Crippen molar-refractivity contribution in [3.05, 3.63) is 12.2 Å². The van der Waals surface area contributed by atoms with Crippen LogP contribution in [0.25, 0.3) is 0 Å². The lowest BCUT2D eigenvalue weighted by atomic mass is 10.1. The van der Waals surface area contributed by atoms with Crippen molar-refractivity contribution in [1.29, 1.82) is 0 Å². The smallest absolute Gasteiger partial charge is 0.0967 e. The summed E-state index contributed by atoms with van der Waals surface area (Å²) in [5.74, 6) is 0. The average molecular weight is 278 g/mol. The minimum Gasteiger partial charge on any atom is -1.00 e. The van der Waals surface area contributed by atoms with Gasteiger partial charge in [-0.25, -0.2) is 0 Å². The topological polar surface area (TPSA) is 0 Å². The predicted molar refractivity (Wildman–Crippen MR) is 65.4 cm³/mol. The van der Waals surface area contributed by atoms with Gasteiger partial charge in [0.2, 0.25) is 0 Å². The zero-order chi connectivity index (χ0) is 10.9. The van der Waals surface area contributed by atoms with Crippen LogP contribution in [0.1, 0.15) is 45.4 Å². The number of hydrogen-bond donors (Lipinski definition) is 0. The highest BCUT2D eigenvalue weighted by Crippen LogP contribution is 2.05. The second kappa shape index (κ2) is 10.7. The Labute approximate surface area is 107 Å². The maximum Gasteiger partial charge on any atom is 0.0967 e. The van der Waals surface area contributed by atoms with E-state index in [0.717, 1.165) is 11.0 Å². The second-order valence-corrected chi connectivity index (χ2v) is 5.15. The Morgan fingerprint density at radius 1 is 0.867 bits per heavy atom. The molecule has 0 spiro atoms. The SMILES string of the molecule is CCCCCCCC=CC[N+](C)(C)C.[Br-]. The van der Waals surface area contributed by atoms with Gasteiger partial charge in [0.05, 0.1) is 27.7 Å². The van der Waals surface area contributed by atoms with Crippen LogP contribution in [0.15, 0.2) is 12.2 Å². The van der Waals surface area contributed by atoms with E-state index in [1.807, 2.05) is 0 Å². The maximum atomic E-state index is 2.34. The van der Waals surface area contributed by atoms with E-state index in [4.69, 9.17) is 0 Å². The number of quaternary nitrogens is 1. The lowest BCUT2D eigenvalue weighted by Gasteiger charge is -2.21. The zero-order valence-corrected chi connectivity index (χ0v) is 12.5. The quantitative estimate of drug-likeness (QED) is 0.347. The maximum absolute atomic E-state index is 2.34. The highest BCUT2D eigenvalue weighted by molar-refractivity contribution is 4.81. The van der Waals surface area contributed by atoms with E-state index in [9.17, 15) is 0 Å². The molecule has 0 saturated heterocycles. The van der Waals surface area contributed by atoms with Crippen LogP contribution in [0.4, 0.5) is 0 Å². The number of allylic oxidation sites excluding steroid dienone is 1. The van der Waals surface area contributed by atoms with E-state index in [1.165, 1.54) is 38.5 Å². The summed E-state index contributed by atoms with van der Waals surface area (Å²) in [6.07, 6.45) is 12.9. The average Bonchev–Trinajstić information content (AvgIpc) is 2.08. The minimum absolute atomic E-state index is 0. The molecule has 0 aromatic carbocycles. The Balaban J connectivity index is 0. The lowest BCUT2D eigenvalue weighted by molar-refractivity contribution is -0.864. The number of rotatable bonds is 8. The van der Waals surface area contributed by atoms with Crippen molar-refractivity contribution in [3.8, 4) is 0 Å². The third-order valence-corrected chi connectivity index (χ3v) is 2.29. The van der Waals surface area contributed by atoms with Gasteiger partial charge in [-0.15, -0.1) is 0 Å². The Hall–Kier alpha value is 0.180. The molecule has 0 rings (SSSR count). The molecular weight excluding hydrogens is 250 g/mol. The molecule has 0 radical (unpaired) electrons. The molecule has 0 aliphatic rings. The van der Waals surface area contributed by atoms with Gasteiger partial charge in [0, 0.05) is 0 Å². The molecule has 0 aromatic heterocycles. The van der Waals surface area contributed by atoms with Crippen molar-refractivity contribution < 1.29 is 21.5 Å². The Morgan fingerprint density at radius 2 is 1.47 bits per heavy atom. The number of hydrogen-bond acceptors (Lipinski definition) is 0. The molecule has 2 heteroatoms. The van der Waals surface area contributed by atoms with Gasteiger partial charge >= 0.3 is 0 Å². The monoisotopic (exact) mass is 277 g/mol. The summed E-state index contributed by atoms with van der Waals surface area (Å²) in [5.41, 5.74) is 0. The molecular formula is C13H28BrN. The van der Waals surface area contributed by atoms with Gasteiger partial charge in [-0.3, -0.25) is 0 Å². The highest BCUT2D eigenvalue weighted by Gasteiger charge is 2.00. The molecule has 0 aromatic rings. The number of nitrogens with zero attached hydrogens (tertiary/aromatic N) is 1. The summed E-state index contributed by atoms with van der Waals surface area (Å²) in [6.45, 7) is 3.41. The molecule has 0 amide bonds. The van der Waals surface area contributed by atoms with Crippen molar-refractivity contribution >= 4 is 0 Å². The van der Waals surface area contributed by atoms with E-state index in [-0.39, 0.29) is 17.0 Å². The summed E-state index contributed by atoms with van der Waals surface area (Å²) >= 11 is 0. The fourth-order valence-corrected chi connectivity index (χ4v) is 1.37. The third-order valence-electron chi connectivity index (χ3n) is 2.29. The molecule has 1 nitrogen and oxygen atoms in total. The van der Waals surface area contributed by atoms with E-state index in [2.05, 4.69) is 40.2 Å². The Morgan fingerprint density at radius 3 is 2.00 bits per heavy atom. The van der Waals surface area contributed by atoms with E-state index < -0.39 is 0 Å². The highest BCUT2D eigenvalue weighted by atomic mass is 79.9. The molecule has 0 atom stereocenters. The van der Waals surface area contributed by atoms with Crippen LogP contribution in [0.3, 0.4) is 0 Å². The van der Waals surface area contributed by atoms with Crippen LogP contribution >= 0.6 is 0 Å². The Kier molecular flexibility index (Phi) is 12.5. The fourth-order valence-electron chi connectivity index (χ4n) is 1.37. The van der Waals surface area contributed by atoms with Gasteiger partial charge in [-0.1, -0.05) is 38.7 Å². The lowest BCUT2D eigenvalue weighted by Crippen LogP contribution is -3.00. The first-order chi connectivity index (χ1) is 6.56. The van der Waals surface area contributed by atoms with Crippen LogP contribution < -0.4 is 17.0 Å². The van der Waals surface area contributed by atoms with Crippen molar-refractivity contribution in [2.24, 2.45) is 0 Å². The van der Waals surface area contributed by atoms with Gasteiger partial charge in [-0.05, 0) is 18.9 Å². The molecule has 0 N–H and O–H groups in total. The molecule has 0 heterocycles. The third kappa shape index (κ3) is 16.8. The first kappa shape index (κ1) is 17.6. The minimum atomic E-state index is 0. The van der Waals surface area contributed by atoms with Crippen LogP contribution in [0.5, 0.6) is 0 Å². The van der Waals surface area contributed by atoms with Crippen molar-refractivity contribution in [3.63, 3.8) is 0 Å². The molecule has 0 unspecified atom stereocenters. The largest absolute Gasteiger partial charge is 1.00 e. The van der Waals surface area contributed by atoms with Crippen LogP contribution in [0.2, 0.25) is 0 Å². The van der Waals surface area contributed by atoms with E-state index >= 15 is 0 Å². The molecule has 0 fully saturated rings. The fraction of sp³-hybridized carbons (Fsp3) is 0.846. The summed E-state index contributed by atoms with van der Waals surface area (Å²) in [5, 5.41) is 0. The van der Waals surface area contributed by atoms with Crippen LogP contribution in [0, 0.1) is 0 Å². The normalized spacial score (nSPS) is 11.7. The van der Waals surface area contributed by atoms with Gasteiger partial charge in [0.1, 0.15) is 0 Å². The predicted octanol–water partition coefficient (Wildman–Crippen LogP) is 0.613. The Bertz CT molecular complexity index is 147. The molecule has 0 saturated carbocycles. The molecule has 0 aliphatic carbocycles. The van der Waals surface area contributed by atoms with Crippen molar-refractivity contribution in [2.75, 3.05) is 27.7 Å². The first-order valence-corrected chi connectivity index (χ1v) is 6.01. The number of unbranched alkanes of at least 4 members (excludes halogenated alkanes) is 5. The van der Waals surface area contributed by atoms with Crippen LogP contribution in [-0.2, 0) is 0 Å². The molecule has 92 valence electrons. The molecule has 0 bridgehead atoms. The van der Waals surface area contributed by atoms with Crippen LogP contribution in [-0.4, -0.2) is 32.2 Å². The van der Waals surface area contributed by atoms with Crippen molar-refractivity contribution in [1.82, 2.24) is 0 Å². The first-order valence-electron chi connectivity index (χ1n) is 6.01. The van der Waals surface area contributed by atoms with Gasteiger partial charge in [-0.2, -0.15) is 0 Å². The van der Waals surface area contributed by atoms with Gasteiger partial charge in [0.15, 0.2) is 0 Å². The summed E-state index contributed by atoms with van der Waals surface area (Å²) in [7, 11) is 6.68. The summed E-state index contributed by atoms with van der Waals surface area (Å²) in [6, 6.07) is 0. The summed E-state index contributed by atoms with van der Waals surface area (Å²) in [4.78, 5) is 0. The zero-order valence-electron chi connectivity index (χ0n) is 10.9. The standard InChI is InChI=1S/C13H28N.BrH/c1-5-6-7-8-9-10-11-12-13-14(2,3)4;/h11-12H,5-10,13H2,1-4H3;1H/q+1;/p-1. The number of halogens is 1. The molecule has 0 aliphatic heterocycles. The second-order valence-electron chi connectivity index (χ2n) is 5.15. The van der Waals surface area contributed by atoms with Gasteiger partial charge in [0.25, 0.3) is 0 Å². The van der Waals surface area contributed by atoms with Crippen molar-refractivity contribution in [2.45, 2.75) is 45.4 Å². The van der Waals surface area contributed by atoms with E-state index in [0.29, 0.717) is 0 Å². The summed E-state index contributed by atoms with van der Waals surface area (Å²) < 4.78 is 1.03. The number of likely N-dealkylation sites (N-methyl/N-ethyl adjacent to an activating group) is 1. The van der Waals surface area contributed by atoms with E-state index in [1.54, 1.807) is 0 Å².